The Hall–Kier alpha value is -2.18. The number of nitrogens with zero attached hydrogens (tertiary/aromatic N) is 2. The van der Waals surface area contributed by atoms with E-state index in [1.54, 1.807) is 4.90 Å². The van der Waals surface area contributed by atoms with Gasteiger partial charge < -0.3 is 4.90 Å². The summed E-state index contributed by atoms with van der Waals surface area (Å²) in [6.07, 6.45) is 0.644. The van der Waals surface area contributed by atoms with Crippen molar-refractivity contribution in [2.24, 2.45) is 0 Å². The van der Waals surface area contributed by atoms with Crippen molar-refractivity contribution in [2.45, 2.75) is 19.1 Å². The van der Waals surface area contributed by atoms with E-state index in [4.69, 9.17) is 0 Å². The van der Waals surface area contributed by atoms with Crippen molar-refractivity contribution in [3.05, 3.63) is 71.3 Å². The number of amides is 1. The van der Waals surface area contributed by atoms with Gasteiger partial charge in [-0.05, 0) is 31.0 Å². The van der Waals surface area contributed by atoms with E-state index in [0.717, 1.165) is 11.1 Å². The zero-order valence-electron chi connectivity index (χ0n) is 15.0. The van der Waals surface area contributed by atoms with Gasteiger partial charge in [0.1, 0.15) is 0 Å². The van der Waals surface area contributed by atoms with E-state index in [1.165, 1.54) is 4.31 Å². The maximum absolute atomic E-state index is 12.7. The number of hydrogen-bond acceptors (Lipinski definition) is 3. The van der Waals surface area contributed by atoms with Gasteiger partial charge >= 0.3 is 0 Å². The summed E-state index contributed by atoms with van der Waals surface area (Å²) in [4.78, 5) is 14.5. The molecule has 1 saturated heterocycles. The van der Waals surface area contributed by atoms with Gasteiger partial charge in [0.05, 0.1) is 5.75 Å². The summed E-state index contributed by atoms with van der Waals surface area (Å²) < 4.78 is 27.0. The van der Waals surface area contributed by atoms with E-state index in [0.29, 0.717) is 38.2 Å². The van der Waals surface area contributed by atoms with Crippen LogP contribution in [0, 0.1) is 6.92 Å². The van der Waals surface area contributed by atoms with Crippen LogP contribution in [0.3, 0.4) is 0 Å². The third-order valence-electron chi connectivity index (χ3n) is 4.59. The van der Waals surface area contributed by atoms with Gasteiger partial charge in [-0.2, -0.15) is 4.31 Å². The van der Waals surface area contributed by atoms with E-state index < -0.39 is 10.0 Å². The number of benzene rings is 2. The normalized spacial score (nSPS) is 16.3. The first-order valence-corrected chi connectivity index (χ1v) is 10.4. The summed E-state index contributed by atoms with van der Waals surface area (Å²) in [5.74, 6) is -0.0318. The summed E-state index contributed by atoms with van der Waals surface area (Å²) in [7, 11) is -3.38. The van der Waals surface area contributed by atoms with Gasteiger partial charge in [-0.25, -0.2) is 8.42 Å². The quantitative estimate of drug-likeness (QED) is 0.829. The molecular formula is C20H24N2O3S. The summed E-state index contributed by atoms with van der Waals surface area (Å²) >= 11 is 0. The smallest absolute Gasteiger partial charge is 0.253 e. The Morgan fingerprint density at radius 1 is 0.962 bits per heavy atom. The largest absolute Gasteiger partial charge is 0.337 e. The van der Waals surface area contributed by atoms with E-state index >= 15 is 0 Å². The minimum Gasteiger partial charge on any atom is -0.337 e. The van der Waals surface area contributed by atoms with Crippen molar-refractivity contribution < 1.29 is 13.2 Å². The minimum absolute atomic E-state index is 0.000331. The Bertz CT molecular complexity index is 866. The molecule has 1 heterocycles. The van der Waals surface area contributed by atoms with E-state index in [1.807, 2.05) is 61.5 Å². The average molecular weight is 372 g/mol. The molecule has 5 nitrogen and oxygen atoms in total. The van der Waals surface area contributed by atoms with Crippen LogP contribution in [0.1, 0.15) is 27.9 Å². The van der Waals surface area contributed by atoms with Crippen molar-refractivity contribution >= 4 is 15.9 Å². The molecule has 1 aliphatic heterocycles. The second-order valence-electron chi connectivity index (χ2n) is 6.66. The highest BCUT2D eigenvalue weighted by Crippen LogP contribution is 2.16. The number of sulfonamides is 1. The van der Waals surface area contributed by atoms with Crippen molar-refractivity contribution in [2.75, 3.05) is 26.2 Å². The molecule has 0 radical (unpaired) electrons. The van der Waals surface area contributed by atoms with Crippen molar-refractivity contribution in [1.82, 2.24) is 9.21 Å². The molecule has 1 aliphatic rings. The molecule has 0 bridgehead atoms. The summed E-state index contributed by atoms with van der Waals surface area (Å²) in [6, 6.07) is 16.7. The summed E-state index contributed by atoms with van der Waals surface area (Å²) in [6.45, 7) is 3.74. The van der Waals surface area contributed by atoms with Crippen LogP contribution in [0.25, 0.3) is 0 Å². The van der Waals surface area contributed by atoms with E-state index in [2.05, 4.69) is 0 Å². The number of carbonyl (C=O) groups is 1. The zero-order chi connectivity index (χ0) is 18.6. The van der Waals surface area contributed by atoms with Crippen LogP contribution in [0.4, 0.5) is 0 Å². The topological polar surface area (TPSA) is 57.7 Å². The van der Waals surface area contributed by atoms with Crippen LogP contribution in [0.15, 0.2) is 54.6 Å². The predicted molar refractivity (Wildman–Crippen MR) is 102 cm³/mol. The molecule has 0 aliphatic carbocycles. The van der Waals surface area contributed by atoms with Gasteiger partial charge in [-0.1, -0.05) is 48.0 Å². The monoisotopic (exact) mass is 372 g/mol. The highest BCUT2D eigenvalue weighted by molar-refractivity contribution is 7.88. The van der Waals surface area contributed by atoms with Crippen molar-refractivity contribution in [1.29, 1.82) is 0 Å². The van der Waals surface area contributed by atoms with Gasteiger partial charge in [0.25, 0.3) is 5.91 Å². The zero-order valence-corrected chi connectivity index (χ0v) is 15.8. The maximum Gasteiger partial charge on any atom is 0.253 e. The second-order valence-corrected chi connectivity index (χ2v) is 8.63. The molecule has 0 saturated carbocycles. The standard InChI is InChI=1S/C20H24N2O3S/c1-17-7-5-10-19(15-17)20(23)21-11-6-12-22(14-13-21)26(24,25)16-18-8-3-2-4-9-18/h2-5,7-10,15H,6,11-14,16H2,1H3. The molecule has 0 spiro atoms. The van der Waals surface area contributed by atoms with Crippen LogP contribution in [-0.4, -0.2) is 49.7 Å². The molecule has 6 heteroatoms. The fourth-order valence-corrected chi connectivity index (χ4v) is 4.78. The average Bonchev–Trinajstić information content (AvgIpc) is 2.88. The van der Waals surface area contributed by atoms with E-state index in [9.17, 15) is 13.2 Å². The van der Waals surface area contributed by atoms with Crippen LogP contribution in [0.5, 0.6) is 0 Å². The number of hydrogen-bond donors (Lipinski definition) is 0. The minimum atomic E-state index is -3.38. The molecule has 26 heavy (non-hydrogen) atoms. The lowest BCUT2D eigenvalue weighted by Crippen LogP contribution is -2.37. The van der Waals surface area contributed by atoms with Gasteiger partial charge in [0.2, 0.25) is 10.0 Å². The number of aryl methyl sites for hydroxylation is 1. The lowest BCUT2D eigenvalue weighted by Gasteiger charge is -2.22. The Balaban J connectivity index is 1.67. The molecule has 0 unspecified atom stereocenters. The number of rotatable bonds is 4. The molecule has 3 rings (SSSR count). The lowest BCUT2D eigenvalue weighted by atomic mass is 10.1. The third kappa shape index (κ3) is 4.51. The molecule has 0 N–H and O–H groups in total. The van der Waals surface area contributed by atoms with Gasteiger partial charge in [-0.15, -0.1) is 0 Å². The molecule has 2 aromatic rings. The molecule has 1 amide bonds. The third-order valence-corrected chi connectivity index (χ3v) is 6.44. The fourth-order valence-electron chi connectivity index (χ4n) is 3.21. The first kappa shape index (κ1) is 18.6. The van der Waals surface area contributed by atoms with Crippen molar-refractivity contribution in [3.63, 3.8) is 0 Å². The Kier molecular flexibility index (Phi) is 5.74. The Morgan fingerprint density at radius 2 is 1.73 bits per heavy atom. The first-order chi connectivity index (χ1) is 12.5. The van der Waals surface area contributed by atoms with Crippen LogP contribution >= 0.6 is 0 Å². The van der Waals surface area contributed by atoms with Crippen LogP contribution in [0.2, 0.25) is 0 Å². The second kappa shape index (κ2) is 8.01. The lowest BCUT2D eigenvalue weighted by molar-refractivity contribution is 0.0764. The molecule has 138 valence electrons. The number of carbonyl (C=O) groups excluding carboxylic acids is 1. The molecule has 0 atom stereocenters. The molecule has 1 fully saturated rings. The highest BCUT2D eigenvalue weighted by Gasteiger charge is 2.27. The highest BCUT2D eigenvalue weighted by atomic mass is 32.2. The molecule has 0 aromatic heterocycles. The summed E-state index contributed by atoms with van der Waals surface area (Å²) in [5.41, 5.74) is 2.48. The first-order valence-electron chi connectivity index (χ1n) is 8.83. The van der Waals surface area contributed by atoms with Gasteiger partial charge in [-0.3, -0.25) is 4.79 Å². The maximum atomic E-state index is 12.7. The predicted octanol–water partition coefficient (Wildman–Crippen LogP) is 2.67. The van der Waals surface area contributed by atoms with Gasteiger partial charge in [0.15, 0.2) is 0 Å². The summed E-state index contributed by atoms with van der Waals surface area (Å²) in [5, 5.41) is 0. The SMILES string of the molecule is Cc1cccc(C(=O)N2CCCN(S(=O)(=O)Cc3ccccc3)CC2)c1. The molecular weight excluding hydrogens is 348 g/mol. The van der Waals surface area contributed by atoms with Crippen LogP contribution in [-0.2, 0) is 15.8 Å². The van der Waals surface area contributed by atoms with Gasteiger partial charge in [0, 0.05) is 31.7 Å². The Labute approximate surface area is 155 Å². The molecule has 2 aromatic carbocycles. The van der Waals surface area contributed by atoms with Crippen molar-refractivity contribution in [3.8, 4) is 0 Å². The van der Waals surface area contributed by atoms with E-state index in [-0.39, 0.29) is 11.7 Å². The Morgan fingerprint density at radius 3 is 2.46 bits per heavy atom. The van der Waals surface area contributed by atoms with Crippen LogP contribution < -0.4 is 0 Å². The fraction of sp³-hybridized carbons (Fsp3) is 0.350.